The van der Waals surface area contributed by atoms with Crippen LogP contribution in [0.5, 0.6) is 0 Å². The fraction of sp³-hybridized carbons (Fsp3) is 0.308. The van der Waals surface area contributed by atoms with Gasteiger partial charge in [-0.1, -0.05) is 6.58 Å². The van der Waals surface area contributed by atoms with Crippen LogP contribution in [-0.2, 0) is 4.79 Å². The van der Waals surface area contributed by atoms with Gasteiger partial charge in [0.15, 0.2) is 5.82 Å². The first-order chi connectivity index (χ1) is 11.1. The van der Waals surface area contributed by atoms with Crippen molar-refractivity contribution in [2.75, 3.05) is 19.7 Å². The van der Waals surface area contributed by atoms with Crippen LogP contribution in [0.4, 0.5) is 0 Å². The molecule has 0 aliphatic heterocycles. The summed E-state index contributed by atoms with van der Waals surface area (Å²) in [5.74, 6) is -0.703. The van der Waals surface area contributed by atoms with Crippen LogP contribution in [-0.4, -0.2) is 61.8 Å². The predicted octanol–water partition coefficient (Wildman–Crippen LogP) is -1.37. The molecule has 2 amide bonds. The highest BCUT2D eigenvalue weighted by Gasteiger charge is 2.16. The Morgan fingerprint density at radius 1 is 1.43 bits per heavy atom. The molecule has 2 heterocycles. The number of aliphatic hydroxyl groups excluding tert-OH is 1. The largest absolute Gasteiger partial charge is 0.396 e. The van der Waals surface area contributed by atoms with Crippen molar-refractivity contribution in [1.29, 1.82) is 0 Å². The Bertz CT molecular complexity index is 665. The van der Waals surface area contributed by atoms with E-state index in [1.807, 2.05) is 0 Å². The zero-order valence-electron chi connectivity index (χ0n) is 12.3. The molecule has 2 aromatic heterocycles. The second-order valence-corrected chi connectivity index (χ2v) is 4.67. The van der Waals surface area contributed by atoms with Gasteiger partial charge in [0.1, 0.15) is 0 Å². The number of nitrogens with one attached hydrogen (secondary N) is 3. The maximum atomic E-state index is 12.0. The molecule has 0 radical (unpaired) electrons. The van der Waals surface area contributed by atoms with Gasteiger partial charge in [0.05, 0.1) is 0 Å². The van der Waals surface area contributed by atoms with E-state index in [0.29, 0.717) is 5.82 Å². The van der Waals surface area contributed by atoms with Gasteiger partial charge in [-0.15, -0.1) is 15.0 Å². The average Bonchev–Trinajstić information content (AvgIpc) is 3.25. The zero-order chi connectivity index (χ0) is 16.7. The Labute approximate surface area is 131 Å². The van der Waals surface area contributed by atoms with E-state index in [4.69, 9.17) is 0 Å². The van der Waals surface area contributed by atoms with Gasteiger partial charge >= 0.3 is 0 Å². The summed E-state index contributed by atoms with van der Waals surface area (Å²) in [5, 5.41) is 25.8. The number of carbonyl (C=O) groups excluding carboxylic acids is 2. The summed E-state index contributed by atoms with van der Waals surface area (Å²) in [5.41, 5.74) is 0. The van der Waals surface area contributed by atoms with Gasteiger partial charge in [-0.3, -0.25) is 9.59 Å². The van der Waals surface area contributed by atoms with Gasteiger partial charge in [-0.05, 0) is 23.4 Å². The molecule has 0 aromatic carbocycles. The van der Waals surface area contributed by atoms with Crippen molar-refractivity contribution in [3.05, 3.63) is 36.8 Å². The predicted molar refractivity (Wildman–Crippen MR) is 79.6 cm³/mol. The lowest BCUT2D eigenvalue weighted by Crippen LogP contribution is -2.38. The van der Waals surface area contributed by atoms with Crippen LogP contribution in [0.2, 0.25) is 0 Å². The molecule has 0 saturated heterocycles. The lowest BCUT2D eigenvalue weighted by molar-refractivity contribution is -0.116. The van der Waals surface area contributed by atoms with Crippen molar-refractivity contribution in [1.82, 2.24) is 35.8 Å². The second-order valence-electron chi connectivity index (χ2n) is 4.67. The van der Waals surface area contributed by atoms with Gasteiger partial charge in [0.25, 0.3) is 11.7 Å². The number of hydrogen-bond donors (Lipinski definition) is 4. The zero-order valence-corrected chi connectivity index (χ0v) is 12.3. The molecular weight excluding hydrogens is 302 g/mol. The number of carbonyl (C=O) groups is 2. The van der Waals surface area contributed by atoms with E-state index in [0.717, 1.165) is 6.08 Å². The number of H-pyrrole nitrogens is 1. The van der Waals surface area contributed by atoms with Crippen molar-refractivity contribution in [2.45, 2.75) is 0 Å². The SMILES string of the molecule is C=CC(=O)NCC(CO)CNC(=O)c1nnn(-c2ccc[nH]2)n1. The molecule has 122 valence electrons. The molecule has 0 aliphatic carbocycles. The van der Waals surface area contributed by atoms with Crippen molar-refractivity contribution in [3.8, 4) is 5.82 Å². The van der Waals surface area contributed by atoms with Crippen molar-refractivity contribution >= 4 is 11.8 Å². The third kappa shape index (κ3) is 4.48. The van der Waals surface area contributed by atoms with Gasteiger partial charge in [0.2, 0.25) is 5.91 Å². The first-order valence-corrected chi connectivity index (χ1v) is 6.87. The molecule has 1 atom stereocenters. The van der Waals surface area contributed by atoms with Crippen LogP contribution in [0, 0.1) is 5.92 Å². The smallest absolute Gasteiger partial charge is 0.292 e. The van der Waals surface area contributed by atoms with Gasteiger partial charge in [-0.2, -0.15) is 0 Å². The van der Waals surface area contributed by atoms with Gasteiger partial charge in [-0.25, -0.2) is 0 Å². The molecule has 0 fully saturated rings. The molecule has 0 aliphatic rings. The molecule has 10 nitrogen and oxygen atoms in total. The van der Waals surface area contributed by atoms with Crippen LogP contribution in [0.25, 0.3) is 5.82 Å². The molecule has 2 aromatic rings. The van der Waals surface area contributed by atoms with Crippen LogP contribution < -0.4 is 10.6 Å². The monoisotopic (exact) mass is 319 g/mol. The molecular formula is C13H17N7O3. The third-order valence-corrected chi connectivity index (χ3v) is 2.97. The minimum atomic E-state index is -0.517. The molecule has 0 spiro atoms. The highest BCUT2D eigenvalue weighted by Crippen LogP contribution is 1.99. The molecule has 1 unspecified atom stereocenters. The number of aromatic nitrogens is 5. The molecule has 4 N–H and O–H groups in total. The lowest BCUT2D eigenvalue weighted by atomic mass is 10.1. The summed E-state index contributed by atoms with van der Waals surface area (Å²) in [6.45, 7) is 3.50. The quantitative estimate of drug-likeness (QED) is 0.443. The first-order valence-electron chi connectivity index (χ1n) is 6.87. The van der Waals surface area contributed by atoms with E-state index in [1.54, 1.807) is 18.3 Å². The minimum Gasteiger partial charge on any atom is -0.396 e. The van der Waals surface area contributed by atoms with E-state index in [9.17, 15) is 14.7 Å². The van der Waals surface area contributed by atoms with E-state index in [-0.39, 0.29) is 37.3 Å². The number of rotatable bonds is 8. The fourth-order valence-corrected chi connectivity index (χ4v) is 1.69. The summed E-state index contributed by atoms with van der Waals surface area (Å²) < 4.78 is 0. The van der Waals surface area contributed by atoms with Gasteiger partial charge in [0, 0.05) is 31.8 Å². The number of hydrogen-bond acceptors (Lipinski definition) is 6. The van der Waals surface area contributed by atoms with E-state index in [2.05, 4.69) is 37.6 Å². The summed E-state index contributed by atoms with van der Waals surface area (Å²) in [4.78, 5) is 27.1. The van der Waals surface area contributed by atoms with E-state index < -0.39 is 5.91 Å². The highest BCUT2D eigenvalue weighted by atomic mass is 16.3. The Hall–Kier alpha value is -3.01. The molecule has 23 heavy (non-hydrogen) atoms. The number of nitrogens with zero attached hydrogens (tertiary/aromatic N) is 4. The summed E-state index contributed by atoms with van der Waals surface area (Å²) in [7, 11) is 0. The average molecular weight is 319 g/mol. The second kappa shape index (κ2) is 7.84. The van der Waals surface area contributed by atoms with Crippen LogP contribution in [0.15, 0.2) is 31.0 Å². The van der Waals surface area contributed by atoms with Gasteiger partial charge < -0.3 is 20.7 Å². The Kier molecular flexibility index (Phi) is 5.58. The van der Waals surface area contributed by atoms with Crippen LogP contribution in [0.3, 0.4) is 0 Å². The maximum Gasteiger partial charge on any atom is 0.292 e. The van der Waals surface area contributed by atoms with Crippen molar-refractivity contribution in [3.63, 3.8) is 0 Å². The molecule has 0 bridgehead atoms. The van der Waals surface area contributed by atoms with E-state index in [1.165, 1.54) is 4.80 Å². The van der Waals surface area contributed by atoms with Crippen molar-refractivity contribution in [2.24, 2.45) is 5.92 Å². The Morgan fingerprint density at radius 3 is 2.87 bits per heavy atom. The van der Waals surface area contributed by atoms with Crippen LogP contribution >= 0.6 is 0 Å². The number of aliphatic hydroxyl groups is 1. The standard InChI is InChI=1S/C13H17N7O3/c1-2-11(22)15-6-9(8-21)7-16-13(23)12-17-19-20(18-12)10-4-3-5-14-10/h2-5,9,14,21H,1,6-8H2,(H,15,22)(H,16,23). The first kappa shape index (κ1) is 16.4. The maximum absolute atomic E-state index is 12.0. The number of tetrazole rings is 1. The summed E-state index contributed by atoms with van der Waals surface area (Å²) in [6, 6.07) is 3.50. The summed E-state index contributed by atoms with van der Waals surface area (Å²) >= 11 is 0. The lowest BCUT2D eigenvalue weighted by Gasteiger charge is -2.14. The number of aromatic amines is 1. The Morgan fingerprint density at radius 2 is 2.22 bits per heavy atom. The minimum absolute atomic E-state index is 0.0913. The highest BCUT2D eigenvalue weighted by molar-refractivity contribution is 5.90. The normalized spacial score (nSPS) is 11.7. The fourth-order valence-electron chi connectivity index (χ4n) is 1.69. The van der Waals surface area contributed by atoms with E-state index >= 15 is 0 Å². The van der Waals surface area contributed by atoms with Crippen LogP contribution in [0.1, 0.15) is 10.6 Å². The summed E-state index contributed by atoms with van der Waals surface area (Å²) in [6.07, 6.45) is 2.83. The molecule has 10 heteroatoms. The Balaban J connectivity index is 1.86. The topological polar surface area (TPSA) is 138 Å². The number of amides is 2. The third-order valence-electron chi connectivity index (χ3n) is 2.97. The molecule has 2 rings (SSSR count). The molecule has 0 saturated carbocycles. The van der Waals surface area contributed by atoms with Crippen molar-refractivity contribution < 1.29 is 14.7 Å².